The number of benzene rings is 2. The largest absolute Gasteiger partial charge is 0.504 e. The van der Waals surface area contributed by atoms with Gasteiger partial charge in [0, 0.05) is 17.7 Å². The average Bonchev–Trinajstić information content (AvgIpc) is 2.75. The van der Waals surface area contributed by atoms with Crippen LogP contribution >= 0.6 is 10.0 Å². The van der Waals surface area contributed by atoms with Gasteiger partial charge in [0.1, 0.15) is 0 Å². The molecule has 7 nitrogen and oxygen atoms in total. The van der Waals surface area contributed by atoms with Gasteiger partial charge >= 0.3 is 0 Å². The van der Waals surface area contributed by atoms with E-state index in [0.29, 0.717) is 34.3 Å². The molecular formula is C24H31NO6S. The molecule has 2 aromatic carbocycles. The minimum Gasteiger partial charge on any atom is -0.504 e. The number of nitrogens with zero attached hydrogens (tertiary/aromatic N) is 1. The van der Waals surface area contributed by atoms with Crippen molar-refractivity contribution in [3.63, 3.8) is 0 Å². The van der Waals surface area contributed by atoms with Crippen LogP contribution in [0.4, 0.5) is 5.69 Å². The number of hydrogen-bond acceptors (Lipinski definition) is 6. The lowest BCUT2D eigenvalue weighted by molar-refractivity contribution is -0.119. The third kappa shape index (κ3) is 4.46. The molecule has 0 radical (unpaired) electrons. The number of carbonyl (C=O) groups is 1. The quantitative estimate of drug-likeness (QED) is 0.470. The normalized spacial score (nSPS) is 17.7. The van der Waals surface area contributed by atoms with Gasteiger partial charge in [-0.15, -0.1) is 0 Å². The van der Waals surface area contributed by atoms with E-state index in [9.17, 15) is 9.90 Å². The molecule has 0 aliphatic carbocycles. The molecule has 0 saturated carbocycles. The number of phenolic OH excluding ortho intramolecular Hbond substituents is 1. The smallest absolute Gasteiger partial charge is 0.257 e. The number of phenols is 1. The van der Waals surface area contributed by atoms with Crippen molar-refractivity contribution in [2.75, 3.05) is 57.9 Å². The van der Waals surface area contributed by atoms with Gasteiger partial charge in [-0.2, -0.15) is 0 Å². The first kappa shape index (κ1) is 23.7. The Morgan fingerprint density at radius 1 is 0.938 bits per heavy atom. The van der Waals surface area contributed by atoms with E-state index in [1.165, 1.54) is 28.4 Å². The third-order valence-electron chi connectivity index (χ3n) is 5.27. The highest BCUT2D eigenvalue weighted by molar-refractivity contribution is 8.32. The van der Waals surface area contributed by atoms with Crippen molar-refractivity contribution in [3.05, 3.63) is 47.5 Å². The third-order valence-corrected chi connectivity index (χ3v) is 6.43. The van der Waals surface area contributed by atoms with Gasteiger partial charge < -0.3 is 24.1 Å². The van der Waals surface area contributed by atoms with E-state index in [0.717, 1.165) is 11.3 Å². The van der Waals surface area contributed by atoms with Crippen LogP contribution in [0, 0.1) is 0 Å². The van der Waals surface area contributed by atoms with E-state index in [2.05, 4.69) is 18.8 Å². The van der Waals surface area contributed by atoms with Gasteiger partial charge in [-0.05, 0) is 42.2 Å². The Morgan fingerprint density at radius 2 is 1.53 bits per heavy atom. The molecule has 2 aromatic rings. The fourth-order valence-corrected chi connectivity index (χ4v) is 4.34. The fourth-order valence-electron chi connectivity index (χ4n) is 3.66. The summed E-state index contributed by atoms with van der Waals surface area (Å²) in [5.74, 6) is 2.51. The van der Waals surface area contributed by atoms with E-state index in [1.807, 2.05) is 12.1 Å². The molecule has 1 aliphatic rings. The van der Waals surface area contributed by atoms with Gasteiger partial charge in [0.15, 0.2) is 23.0 Å². The van der Waals surface area contributed by atoms with Crippen LogP contribution < -0.4 is 23.8 Å². The van der Waals surface area contributed by atoms with Crippen molar-refractivity contribution in [3.8, 4) is 28.7 Å². The highest BCUT2D eigenvalue weighted by Gasteiger charge is 2.44. The van der Waals surface area contributed by atoms with Crippen LogP contribution in [0.1, 0.15) is 11.6 Å². The fraction of sp³-hybridized carbons (Fsp3) is 0.375. The topological polar surface area (TPSA) is 77.5 Å². The highest BCUT2D eigenvalue weighted by atomic mass is 32.3. The number of methoxy groups -OCH3 is 4. The lowest BCUT2D eigenvalue weighted by Crippen LogP contribution is -2.49. The zero-order chi connectivity index (χ0) is 23.6. The molecule has 0 unspecified atom stereocenters. The van der Waals surface area contributed by atoms with Crippen molar-refractivity contribution in [1.29, 1.82) is 0 Å². The first-order valence-electron chi connectivity index (χ1n) is 10.0. The summed E-state index contributed by atoms with van der Waals surface area (Å²) in [6, 6.07) is 8.34. The summed E-state index contributed by atoms with van der Waals surface area (Å²) < 4.78 is 21.5. The number of anilines is 1. The summed E-state index contributed by atoms with van der Waals surface area (Å²) in [4.78, 5) is 15.0. The maximum absolute atomic E-state index is 13.3. The van der Waals surface area contributed by atoms with Crippen molar-refractivity contribution < 1.29 is 28.8 Å². The summed E-state index contributed by atoms with van der Waals surface area (Å²) in [6.07, 6.45) is 8.65. The van der Waals surface area contributed by atoms with Gasteiger partial charge in [-0.3, -0.25) is 9.69 Å². The molecule has 3 rings (SSSR count). The number of amides is 1. The van der Waals surface area contributed by atoms with E-state index in [-0.39, 0.29) is 17.7 Å². The maximum Gasteiger partial charge on any atom is 0.257 e. The van der Waals surface area contributed by atoms with E-state index in [4.69, 9.17) is 18.9 Å². The second kappa shape index (κ2) is 9.24. The second-order valence-corrected chi connectivity index (χ2v) is 12.8. The molecule has 1 heterocycles. The SMILES string of the molecule is COc1ccc([C@H]2/C(=C/CS(C)(C)C)C(=O)N2c2cc(OC)c(OC)c(OC)c2)cc1O. The van der Waals surface area contributed by atoms with Crippen molar-refractivity contribution >= 4 is 21.6 Å². The van der Waals surface area contributed by atoms with Crippen LogP contribution in [0.15, 0.2) is 42.0 Å². The summed E-state index contributed by atoms with van der Waals surface area (Å²) in [7, 11) is 5.28. The van der Waals surface area contributed by atoms with Gasteiger partial charge in [0.05, 0.1) is 40.2 Å². The predicted octanol–water partition coefficient (Wildman–Crippen LogP) is 4.13. The lowest BCUT2D eigenvalue weighted by atomic mass is 9.87. The predicted molar refractivity (Wildman–Crippen MR) is 129 cm³/mol. The Labute approximate surface area is 190 Å². The van der Waals surface area contributed by atoms with E-state index >= 15 is 0 Å². The average molecular weight is 462 g/mol. The van der Waals surface area contributed by atoms with Gasteiger partial charge in [0.2, 0.25) is 5.75 Å². The molecule has 1 atom stereocenters. The zero-order valence-electron chi connectivity index (χ0n) is 19.6. The summed E-state index contributed by atoms with van der Waals surface area (Å²) in [5.41, 5.74) is 2.10. The van der Waals surface area contributed by atoms with Gasteiger partial charge in [0.25, 0.3) is 5.91 Å². The Hall–Kier alpha value is -3.00. The summed E-state index contributed by atoms with van der Waals surface area (Å²) >= 11 is 0. The standard InChI is InChI=1S/C24H31NO6S/c1-28-19-9-8-15(12-18(19)26)22-17(10-11-32(5,6)7)24(27)25(22)16-13-20(29-2)23(31-4)21(14-16)30-3/h8-10,12-14,22,26H,11H2,1-7H3/b17-10-/t22-/m0/s1. The molecule has 1 aliphatic heterocycles. The van der Waals surface area contributed by atoms with Gasteiger partial charge in [-0.25, -0.2) is 10.0 Å². The monoisotopic (exact) mass is 461 g/mol. The molecule has 0 spiro atoms. The number of ether oxygens (including phenoxy) is 4. The molecule has 8 heteroatoms. The molecule has 32 heavy (non-hydrogen) atoms. The number of aromatic hydroxyl groups is 1. The van der Waals surface area contributed by atoms with E-state index in [1.54, 1.807) is 29.2 Å². The highest BCUT2D eigenvalue weighted by Crippen LogP contribution is 2.49. The lowest BCUT2D eigenvalue weighted by Gasteiger charge is -2.44. The molecule has 174 valence electrons. The minimum absolute atomic E-state index is 0.0231. The molecule has 0 aromatic heterocycles. The molecular weight excluding hydrogens is 430 g/mol. The van der Waals surface area contributed by atoms with Crippen LogP contribution in [-0.4, -0.2) is 64.0 Å². The molecule has 1 saturated heterocycles. The summed E-state index contributed by atoms with van der Waals surface area (Å²) in [6.45, 7) is 0. The van der Waals surface area contributed by atoms with Crippen LogP contribution in [0.3, 0.4) is 0 Å². The van der Waals surface area contributed by atoms with Crippen LogP contribution in [0.25, 0.3) is 0 Å². The van der Waals surface area contributed by atoms with Crippen LogP contribution in [0.2, 0.25) is 0 Å². The maximum atomic E-state index is 13.3. The van der Waals surface area contributed by atoms with Crippen molar-refractivity contribution in [2.45, 2.75) is 6.04 Å². The molecule has 1 amide bonds. The Kier molecular flexibility index (Phi) is 6.83. The number of rotatable bonds is 8. The number of carbonyl (C=O) groups excluding carboxylic acids is 1. The first-order chi connectivity index (χ1) is 15.1. The first-order valence-corrected chi connectivity index (χ1v) is 13.0. The Morgan fingerprint density at radius 3 is 2.00 bits per heavy atom. The van der Waals surface area contributed by atoms with Crippen molar-refractivity contribution in [2.24, 2.45) is 0 Å². The molecule has 1 N–H and O–H groups in total. The zero-order valence-corrected chi connectivity index (χ0v) is 20.4. The Balaban J connectivity index is 2.12. The van der Waals surface area contributed by atoms with Crippen LogP contribution in [-0.2, 0) is 4.79 Å². The number of hydrogen-bond donors (Lipinski definition) is 1. The molecule has 1 fully saturated rings. The molecule has 0 bridgehead atoms. The minimum atomic E-state index is -0.829. The van der Waals surface area contributed by atoms with Crippen LogP contribution in [0.5, 0.6) is 28.7 Å². The Bertz CT molecular complexity index is 1020. The second-order valence-electron chi connectivity index (χ2n) is 8.31. The summed E-state index contributed by atoms with van der Waals surface area (Å²) in [5, 5.41) is 10.4. The van der Waals surface area contributed by atoms with Crippen molar-refractivity contribution in [1.82, 2.24) is 0 Å². The number of β-lactam (4-membered cyclic amide) rings is 1. The van der Waals surface area contributed by atoms with E-state index < -0.39 is 10.0 Å². The van der Waals surface area contributed by atoms with Gasteiger partial charge in [-0.1, -0.05) is 12.1 Å².